The molecule has 0 bridgehead atoms. The maximum atomic E-state index is 12.8. The normalized spacial score (nSPS) is 12.0. The number of ether oxygens (including phenoxy) is 3. The van der Waals surface area contributed by atoms with Crippen LogP contribution in [0.4, 0.5) is 0 Å². The Morgan fingerprint density at radius 3 is 0.769 bits per heavy atom. The monoisotopic (exact) mass is 917 g/mol. The third kappa shape index (κ3) is 53.0. The summed E-state index contributed by atoms with van der Waals surface area (Å²) >= 11 is 0. The Hall–Kier alpha value is -1.85. The van der Waals surface area contributed by atoms with Gasteiger partial charge in [0.1, 0.15) is 13.2 Å². The quantitative estimate of drug-likeness (QED) is 0.0262. The molecule has 65 heavy (non-hydrogen) atoms. The molecule has 0 unspecified atom stereocenters. The molecule has 0 spiro atoms. The second-order valence-electron chi connectivity index (χ2n) is 19.9. The van der Waals surface area contributed by atoms with Crippen LogP contribution >= 0.6 is 0 Å². The average Bonchev–Trinajstić information content (AvgIpc) is 3.30. The van der Waals surface area contributed by atoms with Crippen molar-refractivity contribution in [2.24, 2.45) is 0 Å². The van der Waals surface area contributed by atoms with Crippen molar-refractivity contribution in [2.75, 3.05) is 13.2 Å². The molecule has 0 rings (SSSR count). The van der Waals surface area contributed by atoms with Crippen molar-refractivity contribution in [2.45, 2.75) is 335 Å². The maximum absolute atomic E-state index is 12.8. The lowest BCUT2D eigenvalue weighted by molar-refractivity contribution is -0.167. The van der Waals surface area contributed by atoms with Gasteiger partial charge < -0.3 is 14.2 Å². The van der Waals surface area contributed by atoms with Gasteiger partial charge in [0, 0.05) is 19.3 Å². The highest BCUT2D eigenvalue weighted by molar-refractivity contribution is 5.71. The van der Waals surface area contributed by atoms with Crippen molar-refractivity contribution < 1.29 is 28.6 Å². The minimum atomic E-state index is -0.765. The number of allylic oxidation sites excluding steroid dienone is 2. The van der Waals surface area contributed by atoms with Gasteiger partial charge in [0.25, 0.3) is 0 Å². The van der Waals surface area contributed by atoms with Crippen LogP contribution < -0.4 is 0 Å². The van der Waals surface area contributed by atoms with Gasteiger partial charge in [-0.1, -0.05) is 277 Å². The third-order valence-electron chi connectivity index (χ3n) is 13.3. The number of esters is 3. The van der Waals surface area contributed by atoms with Gasteiger partial charge in [-0.2, -0.15) is 0 Å². The number of hydrogen-bond donors (Lipinski definition) is 0. The Morgan fingerprint density at radius 1 is 0.292 bits per heavy atom. The third-order valence-corrected chi connectivity index (χ3v) is 13.3. The van der Waals surface area contributed by atoms with Crippen LogP contribution in [0.15, 0.2) is 12.2 Å². The lowest BCUT2D eigenvalue weighted by Gasteiger charge is -2.18. The summed E-state index contributed by atoms with van der Waals surface area (Å²) in [7, 11) is 0. The summed E-state index contributed by atoms with van der Waals surface area (Å²) in [6.07, 6.45) is 62.1. The van der Waals surface area contributed by atoms with Crippen molar-refractivity contribution >= 4 is 17.9 Å². The highest BCUT2D eigenvalue weighted by atomic mass is 16.6. The molecule has 0 aromatic rings. The summed E-state index contributed by atoms with van der Waals surface area (Å²) in [5.74, 6) is -0.850. The predicted octanol–water partition coefficient (Wildman–Crippen LogP) is 19.3. The highest BCUT2D eigenvalue weighted by Gasteiger charge is 2.19. The van der Waals surface area contributed by atoms with Gasteiger partial charge >= 0.3 is 17.9 Å². The molecular formula is C59H112O6. The van der Waals surface area contributed by atoms with Gasteiger partial charge in [0.15, 0.2) is 6.10 Å². The number of carbonyl (C=O) groups is 3. The Labute approximate surface area is 405 Å². The van der Waals surface area contributed by atoms with Gasteiger partial charge in [-0.25, -0.2) is 0 Å². The Balaban J connectivity index is 4.22. The Morgan fingerprint density at radius 2 is 0.508 bits per heavy atom. The molecule has 384 valence electrons. The molecule has 6 nitrogen and oxygen atoms in total. The Kier molecular flexibility index (Phi) is 53.2. The zero-order chi connectivity index (χ0) is 47.2. The molecule has 6 heteroatoms. The van der Waals surface area contributed by atoms with E-state index in [1.807, 2.05) is 0 Å². The molecule has 0 N–H and O–H groups in total. The summed E-state index contributed by atoms with van der Waals surface area (Å²) in [5.41, 5.74) is 0. The van der Waals surface area contributed by atoms with Crippen molar-refractivity contribution in [3.63, 3.8) is 0 Å². The molecule has 0 aromatic heterocycles. The minimum absolute atomic E-state index is 0.0660. The molecule has 0 heterocycles. The number of hydrogen-bond acceptors (Lipinski definition) is 6. The van der Waals surface area contributed by atoms with Crippen LogP contribution in [0, 0.1) is 0 Å². The molecule has 0 fully saturated rings. The average molecular weight is 918 g/mol. The molecule has 0 amide bonds. The smallest absolute Gasteiger partial charge is 0.306 e. The molecule has 0 aliphatic heterocycles. The van der Waals surface area contributed by atoms with Crippen LogP contribution in [0.1, 0.15) is 329 Å². The van der Waals surface area contributed by atoms with Gasteiger partial charge in [-0.15, -0.1) is 0 Å². The zero-order valence-electron chi connectivity index (χ0n) is 44.0. The van der Waals surface area contributed by atoms with E-state index in [0.29, 0.717) is 19.3 Å². The predicted molar refractivity (Wildman–Crippen MR) is 280 cm³/mol. The summed E-state index contributed by atoms with van der Waals surface area (Å²) in [6, 6.07) is 0. The fourth-order valence-corrected chi connectivity index (χ4v) is 8.85. The largest absolute Gasteiger partial charge is 0.462 e. The summed E-state index contributed by atoms with van der Waals surface area (Å²) in [5, 5.41) is 0. The number of carbonyl (C=O) groups excluding carboxylic acids is 3. The first-order valence-corrected chi connectivity index (χ1v) is 29.2. The highest BCUT2D eigenvalue weighted by Crippen LogP contribution is 2.17. The summed E-state index contributed by atoms with van der Waals surface area (Å²) in [6.45, 7) is 6.67. The lowest BCUT2D eigenvalue weighted by atomic mass is 10.0. The number of rotatable bonds is 54. The van der Waals surface area contributed by atoms with Crippen LogP contribution in [-0.4, -0.2) is 37.2 Å². The second kappa shape index (κ2) is 54.8. The van der Waals surface area contributed by atoms with Crippen molar-refractivity contribution in [3.8, 4) is 0 Å². The number of unbranched alkanes of at least 4 members (excludes halogenated alkanes) is 41. The molecule has 0 aliphatic rings. The molecule has 0 saturated heterocycles. The van der Waals surface area contributed by atoms with Crippen LogP contribution in [0.5, 0.6) is 0 Å². The molecule has 0 radical (unpaired) electrons. The Bertz CT molecular complexity index is 1010. The van der Waals surface area contributed by atoms with Crippen molar-refractivity contribution in [3.05, 3.63) is 12.2 Å². The van der Waals surface area contributed by atoms with Gasteiger partial charge in [-0.05, 0) is 44.9 Å². The van der Waals surface area contributed by atoms with E-state index in [1.165, 1.54) is 231 Å². The van der Waals surface area contributed by atoms with Crippen LogP contribution in [0.2, 0.25) is 0 Å². The molecule has 1 atom stereocenters. The standard InChI is InChI=1S/C59H112O6/c1-4-7-10-13-16-19-21-23-25-27-29-31-33-35-37-40-43-46-49-52-58(61)64-55-56(54-63-57(60)51-48-45-42-39-18-15-12-9-6-3)65-59(62)53-50-47-44-41-38-36-34-32-30-28-26-24-22-20-17-14-11-8-5-2/h27,29,56H,4-26,28,30-55H2,1-3H3/b29-27-/t56-/m1/s1. The minimum Gasteiger partial charge on any atom is -0.462 e. The van der Waals surface area contributed by atoms with Gasteiger partial charge in [0.2, 0.25) is 0 Å². The summed E-state index contributed by atoms with van der Waals surface area (Å²) in [4.78, 5) is 38.0. The van der Waals surface area contributed by atoms with E-state index in [9.17, 15) is 14.4 Å². The first-order chi connectivity index (χ1) is 32.0. The van der Waals surface area contributed by atoms with Crippen LogP contribution in [0.3, 0.4) is 0 Å². The second-order valence-corrected chi connectivity index (χ2v) is 19.9. The van der Waals surface area contributed by atoms with E-state index in [4.69, 9.17) is 14.2 Å². The maximum Gasteiger partial charge on any atom is 0.306 e. The lowest BCUT2D eigenvalue weighted by Crippen LogP contribution is -2.30. The van der Waals surface area contributed by atoms with Crippen LogP contribution in [-0.2, 0) is 28.6 Å². The molecule has 0 saturated carbocycles. The van der Waals surface area contributed by atoms with E-state index in [1.54, 1.807) is 0 Å². The molecular weight excluding hydrogens is 805 g/mol. The van der Waals surface area contributed by atoms with E-state index in [0.717, 1.165) is 57.8 Å². The SMILES string of the molecule is CCCCCCCCCC/C=C\CCCCCCCCCC(=O)OC[C@@H](COC(=O)CCCCCCCCCCC)OC(=O)CCCCCCCCCCCCCCCCCCCCC. The van der Waals surface area contributed by atoms with Crippen molar-refractivity contribution in [1.29, 1.82) is 0 Å². The first kappa shape index (κ1) is 63.1. The van der Waals surface area contributed by atoms with E-state index in [2.05, 4.69) is 32.9 Å². The van der Waals surface area contributed by atoms with E-state index in [-0.39, 0.29) is 31.1 Å². The van der Waals surface area contributed by atoms with Gasteiger partial charge in [0.05, 0.1) is 0 Å². The summed E-state index contributed by atoms with van der Waals surface area (Å²) < 4.78 is 16.8. The molecule has 0 aromatic carbocycles. The van der Waals surface area contributed by atoms with E-state index >= 15 is 0 Å². The first-order valence-electron chi connectivity index (χ1n) is 29.2. The van der Waals surface area contributed by atoms with Crippen LogP contribution in [0.25, 0.3) is 0 Å². The van der Waals surface area contributed by atoms with Crippen molar-refractivity contribution in [1.82, 2.24) is 0 Å². The topological polar surface area (TPSA) is 78.9 Å². The van der Waals surface area contributed by atoms with E-state index < -0.39 is 6.10 Å². The zero-order valence-corrected chi connectivity index (χ0v) is 44.0. The fraction of sp³-hybridized carbons (Fsp3) is 0.915. The molecule has 0 aliphatic carbocycles. The van der Waals surface area contributed by atoms with Gasteiger partial charge in [-0.3, -0.25) is 14.4 Å². The fourth-order valence-electron chi connectivity index (χ4n) is 8.85.